The lowest BCUT2D eigenvalue weighted by atomic mass is 10.2. The number of methoxy groups -OCH3 is 1. The molecule has 0 radical (unpaired) electrons. The monoisotopic (exact) mass is 413 g/mol. The number of benzene rings is 2. The Balaban J connectivity index is 1.84. The van der Waals surface area contributed by atoms with Gasteiger partial charge >= 0.3 is 0 Å². The van der Waals surface area contributed by atoms with Crippen LogP contribution in [0.3, 0.4) is 0 Å². The number of hydrogen-bond donors (Lipinski definition) is 1. The van der Waals surface area contributed by atoms with Gasteiger partial charge in [0.25, 0.3) is 5.56 Å². The predicted molar refractivity (Wildman–Crippen MR) is 107 cm³/mol. The molecule has 0 saturated carbocycles. The second kappa shape index (κ2) is 8.27. The number of nitrogens with zero attached hydrogens (tertiary/aromatic N) is 2. The summed E-state index contributed by atoms with van der Waals surface area (Å²) in [5, 5.41) is 6.20. The summed E-state index contributed by atoms with van der Waals surface area (Å²) >= 11 is 0. The molecule has 3 rings (SSSR count). The van der Waals surface area contributed by atoms with E-state index in [1.54, 1.807) is 36.4 Å². The summed E-state index contributed by atoms with van der Waals surface area (Å²) in [6.07, 6.45) is 0. The minimum absolute atomic E-state index is 0.0571. The van der Waals surface area contributed by atoms with Gasteiger partial charge in [0.1, 0.15) is 12.3 Å². The predicted octanol–water partition coefficient (Wildman–Crippen LogP) is 2.03. The number of hydrogen-bond acceptors (Lipinski definition) is 6. The third-order valence-corrected chi connectivity index (χ3v) is 5.76. The zero-order chi connectivity index (χ0) is 21.0. The molecule has 8 nitrogen and oxygen atoms in total. The first-order chi connectivity index (χ1) is 13.8. The Labute approximate surface area is 167 Å². The van der Waals surface area contributed by atoms with Crippen LogP contribution in [0.5, 0.6) is 5.75 Å². The average molecular weight is 413 g/mol. The van der Waals surface area contributed by atoms with Gasteiger partial charge in [-0.2, -0.15) is 5.10 Å². The molecule has 0 spiro atoms. The number of ether oxygens (including phenoxy) is 1. The number of nitrogens with one attached hydrogen (secondary N) is 1. The van der Waals surface area contributed by atoms with Crippen molar-refractivity contribution < 1.29 is 17.9 Å². The number of sulfone groups is 1. The van der Waals surface area contributed by atoms with Crippen molar-refractivity contribution in [3.05, 3.63) is 76.6 Å². The van der Waals surface area contributed by atoms with Crippen molar-refractivity contribution in [1.29, 1.82) is 0 Å². The van der Waals surface area contributed by atoms with Crippen LogP contribution in [0.1, 0.15) is 5.56 Å². The van der Waals surface area contributed by atoms with E-state index in [0.29, 0.717) is 11.4 Å². The van der Waals surface area contributed by atoms with E-state index in [0.717, 1.165) is 22.4 Å². The topological polar surface area (TPSA) is 107 Å². The summed E-state index contributed by atoms with van der Waals surface area (Å²) in [4.78, 5) is 24.4. The average Bonchev–Trinajstić information content (AvgIpc) is 2.70. The summed E-state index contributed by atoms with van der Waals surface area (Å²) in [5.41, 5.74) is 0.801. The normalized spacial score (nSPS) is 11.1. The number of aromatic nitrogens is 2. The number of amides is 1. The highest BCUT2D eigenvalue weighted by Crippen LogP contribution is 2.19. The Bertz CT molecular complexity index is 1200. The maximum absolute atomic E-state index is 12.8. The number of aryl methyl sites for hydroxylation is 1. The second-order valence-electron chi connectivity index (χ2n) is 6.26. The largest absolute Gasteiger partial charge is 0.497 e. The Kier molecular flexibility index (Phi) is 5.79. The highest BCUT2D eigenvalue weighted by atomic mass is 32.2. The Morgan fingerprint density at radius 3 is 2.52 bits per heavy atom. The third-order valence-electron chi connectivity index (χ3n) is 4.10. The molecular formula is C20H19N3O5S. The maximum atomic E-state index is 12.8. The Morgan fingerprint density at radius 1 is 1.10 bits per heavy atom. The molecule has 1 heterocycles. The molecule has 3 aromatic rings. The van der Waals surface area contributed by atoms with Gasteiger partial charge in [0.2, 0.25) is 15.7 Å². The third kappa shape index (κ3) is 4.69. The number of carbonyl (C=O) groups excluding carboxylic acids is 1. The summed E-state index contributed by atoms with van der Waals surface area (Å²) < 4.78 is 31.4. The molecule has 0 bridgehead atoms. The van der Waals surface area contributed by atoms with E-state index >= 15 is 0 Å². The molecule has 0 aliphatic heterocycles. The van der Waals surface area contributed by atoms with Crippen LogP contribution in [0, 0.1) is 6.92 Å². The molecule has 29 heavy (non-hydrogen) atoms. The summed E-state index contributed by atoms with van der Waals surface area (Å²) in [7, 11) is -2.41. The van der Waals surface area contributed by atoms with Crippen molar-refractivity contribution in [1.82, 2.24) is 9.78 Å². The molecule has 1 N–H and O–H groups in total. The van der Waals surface area contributed by atoms with Crippen molar-refractivity contribution in [2.45, 2.75) is 23.4 Å². The maximum Gasteiger partial charge on any atom is 0.267 e. The lowest BCUT2D eigenvalue weighted by molar-refractivity contribution is -0.117. The fourth-order valence-electron chi connectivity index (χ4n) is 2.56. The Morgan fingerprint density at radius 2 is 1.83 bits per heavy atom. The minimum Gasteiger partial charge on any atom is -0.497 e. The van der Waals surface area contributed by atoms with Crippen molar-refractivity contribution in [3.8, 4) is 5.75 Å². The van der Waals surface area contributed by atoms with Gasteiger partial charge in [0.15, 0.2) is 5.03 Å². The van der Waals surface area contributed by atoms with E-state index in [4.69, 9.17) is 4.74 Å². The highest BCUT2D eigenvalue weighted by Gasteiger charge is 2.21. The quantitative estimate of drug-likeness (QED) is 0.663. The van der Waals surface area contributed by atoms with E-state index in [1.165, 1.54) is 19.2 Å². The molecule has 0 saturated heterocycles. The standard InChI is InChI=1S/C20H19N3O5S/c1-14-6-8-17(9-7-14)29(26,27)19-10-11-20(25)23(22-19)13-18(24)21-15-4-3-5-16(12-15)28-2/h3-12H,13H2,1-2H3,(H,21,24). The molecule has 0 aliphatic rings. The molecule has 9 heteroatoms. The van der Waals surface area contributed by atoms with Crippen LogP contribution >= 0.6 is 0 Å². The van der Waals surface area contributed by atoms with Gasteiger partial charge in [-0.05, 0) is 37.3 Å². The van der Waals surface area contributed by atoms with Crippen LogP contribution in [0.15, 0.2) is 75.4 Å². The smallest absolute Gasteiger partial charge is 0.267 e. The van der Waals surface area contributed by atoms with Gasteiger partial charge in [0.05, 0.1) is 12.0 Å². The van der Waals surface area contributed by atoms with Crippen molar-refractivity contribution >= 4 is 21.4 Å². The summed E-state index contributed by atoms with van der Waals surface area (Å²) in [5.74, 6) is 0.0296. The highest BCUT2D eigenvalue weighted by molar-refractivity contribution is 7.91. The number of rotatable bonds is 6. The first kappa shape index (κ1) is 20.3. The molecule has 2 aromatic carbocycles. The van der Waals surface area contributed by atoms with Crippen LogP contribution in [-0.4, -0.2) is 31.2 Å². The van der Waals surface area contributed by atoms with Gasteiger partial charge in [-0.1, -0.05) is 23.8 Å². The Hall–Kier alpha value is -3.46. The molecule has 150 valence electrons. The molecule has 1 amide bonds. The SMILES string of the molecule is COc1cccc(NC(=O)Cn2nc(S(=O)(=O)c3ccc(C)cc3)ccc2=O)c1. The van der Waals surface area contributed by atoms with Crippen LogP contribution in [0.4, 0.5) is 5.69 Å². The van der Waals surface area contributed by atoms with Crippen LogP contribution in [0.2, 0.25) is 0 Å². The molecule has 0 aliphatic carbocycles. The number of carbonyl (C=O) groups is 1. The number of anilines is 1. The lowest BCUT2D eigenvalue weighted by Crippen LogP contribution is -2.30. The molecule has 0 unspecified atom stereocenters. The van der Waals surface area contributed by atoms with Crippen molar-refractivity contribution in [3.63, 3.8) is 0 Å². The summed E-state index contributed by atoms with van der Waals surface area (Å²) in [6.45, 7) is 1.41. The fraction of sp³-hybridized carbons (Fsp3) is 0.150. The second-order valence-corrected chi connectivity index (χ2v) is 8.16. The zero-order valence-corrected chi connectivity index (χ0v) is 16.6. The van der Waals surface area contributed by atoms with Gasteiger partial charge in [-0.15, -0.1) is 0 Å². The van der Waals surface area contributed by atoms with Gasteiger partial charge in [-0.25, -0.2) is 13.1 Å². The van der Waals surface area contributed by atoms with Crippen molar-refractivity contribution in [2.24, 2.45) is 0 Å². The van der Waals surface area contributed by atoms with E-state index in [-0.39, 0.29) is 9.92 Å². The van der Waals surface area contributed by atoms with Gasteiger partial charge in [0, 0.05) is 17.8 Å². The summed E-state index contributed by atoms with van der Waals surface area (Å²) in [6, 6.07) is 15.2. The van der Waals surface area contributed by atoms with Crippen LogP contribution < -0.4 is 15.6 Å². The first-order valence-corrected chi connectivity index (χ1v) is 10.1. The van der Waals surface area contributed by atoms with Crippen LogP contribution in [-0.2, 0) is 21.2 Å². The van der Waals surface area contributed by atoms with Crippen LogP contribution in [0.25, 0.3) is 0 Å². The van der Waals surface area contributed by atoms with E-state index < -0.39 is 27.8 Å². The fourth-order valence-corrected chi connectivity index (χ4v) is 3.75. The van der Waals surface area contributed by atoms with E-state index in [9.17, 15) is 18.0 Å². The first-order valence-electron chi connectivity index (χ1n) is 8.63. The van der Waals surface area contributed by atoms with Gasteiger partial charge < -0.3 is 10.1 Å². The zero-order valence-electron chi connectivity index (χ0n) is 15.8. The minimum atomic E-state index is -3.92. The van der Waals surface area contributed by atoms with E-state index in [2.05, 4.69) is 10.4 Å². The molecular weight excluding hydrogens is 394 g/mol. The lowest BCUT2D eigenvalue weighted by Gasteiger charge is -2.09. The van der Waals surface area contributed by atoms with E-state index in [1.807, 2.05) is 6.92 Å². The molecule has 0 atom stereocenters. The molecule has 0 fully saturated rings. The molecule has 1 aromatic heterocycles. The van der Waals surface area contributed by atoms with Gasteiger partial charge in [-0.3, -0.25) is 9.59 Å². The van der Waals surface area contributed by atoms with Crippen molar-refractivity contribution in [2.75, 3.05) is 12.4 Å².